The van der Waals surface area contributed by atoms with Gasteiger partial charge in [0.25, 0.3) is 10.0 Å². The average molecular weight is 410 g/mol. The minimum absolute atomic E-state index is 0.0822. The molecule has 0 aliphatic rings. The molecule has 0 radical (unpaired) electrons. The standard InChI is InChI=1S/C16H15ClF3NO4S/c1-3-25-13-7-5-11(9-14(13)24-2)21-26(22,23)15-8-10(16(18,19)20)4-6-12(15)17/h4-9,21H,3H2,1-2H3. The zero-order chi connectivity index (χ0) is 19.5. The zero-order valence-corrected chi connectivity index (χ0v) is 15.3. The minimum atomic E-state index is -4.70. The molecule has 2 aromatic carbocycles. The van der Waals surface area contributed by atoms with E-state index in [-0.39, 0.29) is 16.5 Å². The number of ether oxygens (including phenoxy) is 2. The first-order chi connectivity index (χ1) is 12.1. The maximum absolute atomic E-state index is 12.8. The smallest absolute Gasteiger partial charge is 0.416 e. The Morgan fingerprint density at radius 2 is 1.81 bits per heavy atom. The third-order valence-electron chi connectivity index (χ3n) is 3.26. The van der Waals surface area contributed by atoms with E-state index in [1.807, 2.05) is 0 Å². The van der Waals surface area contributed by atoms with Crippen molar-refractivity contribution >= 4 is 27.3 Å². The van der Waals surface area contributed by atoms with Gasteiger partial charge in [-0.05, 0) is 37.3 Å². The number of sulfonamides is 1. The van der Waals surface area contributed by atoms with Crippen LogP contribution in [0.3, 0.4) is 0 Å². The highest BCUT2D eigenvalue weighted by molar-refractivity contribution is 7.92. The quantitative estimate of drug-likeness (QED) is 0.759. The lowest BCUT2D eigenvalue weighted by atomic mass is 10.2. The van der Waals surface area contributed by atoms with Gasteiger partial charge in [0, 0.05) is 6.07 Å². The number of hydrogen-bond acceptors (Lipinski definition) is 4. The third-order valence-corrected chi connectivity index (χ3v) is 5.13. The van der Waals surface area contributed by atoms with E-state index in [2.05, 4.69) is 4.72 Å². The monoisotopic (exact) mass is 409 g/mol. The van der Waals surface area contributed by atoms with Gasteiger partial charge in [0.2, 0.25) is 0 Å². The summed E-state index contributed by atoms with van der Waals surface area (Å²) in [5.74, 6) is 0.664. The van der Waals surface area contributed by atoms with Crippen LogP contribution in [0.2, 0.25) is 5.02 Å². The Bertz CT molecular complexity index is 901. The molecule has 0 spiro atoms. The van der Waals surface area contributed by atoms with Gasteiger partial charge in [-0.1, -0.05) is 11.6 Å². The Balaban J connectivity index is 2.40. The van der Waals surface area contributed by atoms with Crippen molar-refractivity contribution in [2.45, 2.75) is 18.0 Å². The molecule has 0 unspecified atom stereocenters. The van der Waals surface area contributed by atoms with Crippen LogP contribution < -0.4 is 14.2 Å². The number of rotatable bonds is 6. The summed E-state index contributed by atoms with van der Waals surface area (Å²) in [5, 5.41) is -0.330. The molecule has 0 aliphatic heterocycles. The zero-order valence-electron chi connectivity index (χ0n) is 13.7. The predicted octanol–water partition coefficient (Wildman–Crippen LogP) is 4.57. The van der Waals surface area contributed by atoms with E-state index in [4.69, 9.17) is 21.1 Å². The number of hydrogen-bond donors (Lipinski definition) is 1. The molecule has 5 nitrogen and oxygen atoms in total. The fraction of sp³-hybridized carbons (Fsp3) is 0.250. The Kier molecular flexibility index (Phi) is 5.92. The van der Waals surface area contributed by atoms with Crippen LogP contribution >= 0.6 is 11.6 Å². The van der Waals surface area contributed by atoms with Crippen molar-refractivity contribution in [2.75, 3.05) is 18.4 Å². The Labute approximate surface area is 153 Å². The van der Waals surface area contributed by atoms with Gasteiger partial charge in [-0.3, -0.25) is 4.72 Å². The maximum atomic E-state index is 12.8. The second kappa shape index (κ2) is 7.63. The molecule has 0 aromatic heterocycles. The molecule has 0 heterocycles. The van der Waals surface area contributed by atoms with Gasteiger partial charge in [-0.2, -0.15) is 13.2 Å². The van der Waals surface area contributed by atoms with E-state index < -0.39 is 26.7 Å². The van der Waals surface area contributed by atoms with Crippen LogP contribution in [0.4, 0.5) is 18.9 Å². The Hall–Kier alpha value is -2.13. The molecule has 0 saturated carbocycles. The van der Waals surface area contributed by atoms with Crippen molar-refractivity contribution in [3.63, 3.8) is 0 Å². The maximum Gasteiger partial charge on any atom is 0.416 e. The van der Waals surface area contributed by atoms with Crippen molar-refractivity contribution in [1.82, 2.24) is 0 Å². The van der Waals surface area contributed by atoms with Gasteiger partial charge in [-0.15, -0.1) is 0 Å². The van der Waals surface area contributed by atoms with Gasteiger partial charge >= 0.3 is 6.18 Å². The van der Waals surface area contributed by atoms with Gasteiger partial charge in [-0.25, -0.2) is 8.42 Å². The van der Waals surface area contributed by atoms with E-state index in [1.165, 1.54) is 25.3 Å². The molecule has 2 rings (SSSR count). The number of halogens is 4. The molecule has 2 aromatic rings. The van der Waals surface area contributed by atoms with Crippen molar-refractivity contribution in [3.05, 3.63) is 47.0 Å². The first-order valence-corrected chi connectivity index (χ1v) is 9.15. The van der Waals surface area contributed by atoms with Gasteiger partial charge < -0.3 is 9.47 Å². The second-order valence-corrected chi connectivity index (χ2v) is 7.11. The second-order valence-electron chi connectivity index (χ2n) is 5.05. The summed E-state index contributed by atoms with van der Waals surface area (Å²) in [6, 6.07) is 6.31. The molecule has 26 heavy (non-hydrogen) atoms. The molecular weight excluding hydrogens is 395 g/mol. The number of anilines is 1. The van der Waals surface area contributed by atoms with Crippen LogP contribution in [0.15, 0.2) is 41.3 Å². The lowest BCUT2D eigenvalue weighted by molar-refractivity contribution is -0.137. The topological polar surface area (TPSA) is 64.6 Å². The number of nitrogens with one attached hydrogen (secondary N) is 1. The highest BCUT2D eigenvalue weighted by atomic mass is 35.5. The average Bonchev–Trinajstić information content (AvgIpc) is 2.55. The largest absolute Gasteiger partial charge is 0.493 e. The third kappa shape index (κ3) is 4.53. The normalized spacial score (nSPS) is 11.9. The SMILES string of the molecule is CCOc1ccc(NS(=O)(=O)c2cc(C(F)(F)F)ccc2Cl)cc1OC. The Morgan fingerprint density at radius 1 is 1.12 bits per heavy atom. The molecule has 0 saturated heterocycles. The van der Waals surface area contributed by atoms with Crippen molar-refractivity contribution < 1.29 is 31.1 Å². The number of benzene rings is 2. The molecule has 1 N–H and O–H groups in total. The summed E-state index contributed by atoms with van der Waals surface area (Å²) in [6.45, 7) is 2.15. The van der Waals surface area contributed by atoms with Crippen molar-refractivity contribution in [3.8, 4) is 11.5 Å². The molecule has 0 fully saturated rings. The van der Waals surface area contributed by atoms with E-state index in [0.29, 0.717) is 24.5 Å². The predicted molar refractivity (Wildman–Crippen MR) is 91.4 cm³/mol. The van der Waals surface area contributed by atoms with Crippen molar-refractivity contribution in [2.24, 2.45) is 0 Å². The van der Waals surface area contributed by atoms with E-state index in [0.717, 1.165) is 6.07 Å². The molecule has 10 heteroatoms. The summed E-state index contributed by atoms with van der Waals surface area (Å²) >= 11 is 5.79. The van der Waals surface area contributed by atoms with Gasteiger partial charge in [0.05, 0.1) is 30.0 Å². The van der Waals surface area contributed by atoms with Crippen LogP contribution in [-0.4, -0.2) is 22.1 Å². The fourth-order valence-corrected chi connectivity index (χ4v) is 3.68. The molecule has 0 aliphatic carbocycles. The number of alkyl halides is 3. The highest BCUT2D eigenvalue weighted by Gasteiger charge is 2.32. The molecule has 142 valence electrons. The van der Waals surface area contributed by atoms with E-state index >= 15 is 0 Å². The molecule has 0 amide bonds. The van der Waals surface area contributed by atoms with Gasteiger partial charge in [0.1, 0.15) is 4.90 Å². The minimum Gasteiger partial charge on any atom is -0.493 e. The lowest BCUT2D eigenvalue weighted by Crippen LogP contribution is -2.15. The summed E-state index contributed by atoms with van der Waals surface area (Å²) in [5.41, 5.74) is -1.04. The summed E-state index contributed by atoms with van der Waals surface area (Å²) in [4.78, 5) is -0.679. The molecule has 0 bridgehead atoms. The van der Waals surface area contributed by atoms with Gasteiger partial charge in [0.15, 0.2) is 11.5 Å². The summed E-state index contributed by atoms with van der Waals surface area (Å²) < 4.78 is 76.1. The van der Waals surface area contributed by atoms with Crippen molar-refractivity contribution in [1.29, 1.82) is 0 Å². The van der Waals surface area contributed by atoms with Crippen LogP contribution in [0.5, 0.6) is 11.5 Å². The molecule has 0 atom stereocenters. The first kappa shape index (κ1) is 20.2. The number of methoxy groups -OCH3 is 1. The van der Waals surface area contributed by atoms with Crippen LogP contribution in [-0.2, 0) is 16.2 Å². The summed E-state index contributed by atoms with van der Waals surface area (Å²) in [6.07, 6.45) is -4.70. The Morgan fingerprint density at radius 3 is 2.38 bits per heavy atom. The summed E-state index contributed by atoms with van der Waals surface area (Å²) in [7, 11) is -2.98. The highest BCUT2D eigenvalue weighted by Crippen LogP contribution is 2.35. The lowest BCUT2D eigenvalue weighted by Gasteiger charge is -2.14. The van der Waals surface area contributed by atoms with Crippen LogP contribution in [0, 0.1) is 0 Å². The van der Waals surface area contributed by atoms with E-state index in [9.17, 15) is 21.6 Å². The fourth-order valence-electron chi connectivity index (χ4n) is 2.10. The van der Waals surface area contributed by atoms with E-state index in [1.54, 1.807) is 6.92 Å². The van der Waals surface area contributed by atoms with Crippen LogP contribution in [0.25, 0.3) is 0 Å². The first-order valence-electron chi connectivity index (χ1n) is 7.29. The molecular formula is C16H15ClF3NO4S. The van der Waals surface area contributed by atoms with Crippen LogP contribution in [0.1, 0.15) is 12.5 Å².